The lowest BCUT2D eigenvalue weighted by Crippen LogP contribution is -2.50. The number of hydrogen-bond acceptors (Lipinski definition) is 5. The highest BCUT2D eigenvalue weighted by Gasteiger charge is 2.44. The van der Waals surface area contributed by atoms with Crippen LogP contribution in [-0.2, 0) is 14.8 Å². The molecule has 2 N–H and O–H groups in total. The summed E-state index contributed by atoms with van der Waals surface area (Å²) >= 11 is 0. The molecule has 23 heavy (non-hydrogen) atoms. The van der Waals surface area contributed by atoms with Gasteiger partial charge in [0.15, 0.2) is 5.76 Å². The third-order valence-electron chi connectivity index (χ3n) is 4.36. The van der Waals surface area contributed by atoms with E-state index < -0.39 is 10.0 Å². The van der Waals surface area contributed by atoms with Crippen molar-refractivity contribution in [3.05, 3.63) is 17.6 Å². The van der Waals surface area contributed by atoms with Crippen LogP contribution in [0.3, 0.4) is 0 Å². The first-order chi connectivity index (χ1) is 10.7. The summed E-state index contributed by atoms with van der Waals surface area (Å²) in [4.78, 5) is 14.5. The number of aryl methyl sites for hydroxylation is 1. The van der Waals surface area contributed by atoms with Gasteiger partial charge in [0.1, 0.15) is 10.7 Å². The number of nitrogens with zero attached hydrogens (tertiary/aromatic N) is 1. The topological polar surface area (TPSA) is 103 Å². The third-order valence-corrected chi connectivity index (χ3v) is 5.38. The van der Waals surface area contributed by atoms with Gasteiger partial charge < -0.3 is 14.1 Å². The van der Waals surface area contributed by atoms with Crippen molar-refractivity contribution in [3.8, 4) is 0 Å². The highest BCUT2D eigenvalue weighted by molar-refractivity contribution is 7.89. The Balaban J connectivity index is 2.35. The van der Waals surface area contributed by atoms with Gasteiger partial charge in [0.2, 0.25) is 10.0 Å². The van der Waals surface area contributed by atoms with Crippen molar-refractivity contribution in [1.82, 2.24) is 4.90 Å². The van der Waals surface area contributed by atoms with E-state index in [1.165, 1.54) is 13.0 Å². The molecule has 1 aromatic heterocycles. The lowest BCUT2D eigenvalue weighted by atomic mass is 9.91. The number of primary sulfonamides is 1. The minimum Gasteiger partial charge on any atom is -0.455 e. The number of rotatable bonds is 6. The number of carbonyl (C=O) groups excluding carboxylic acids is 1. The number of amides is 1. The first-order valence-corrected chi connectivity index (χ1v) is 9.24. The van der Waals surface area contributed by atoms with Crippen LogP contribution in [0.4, 0.5) is 0 Å². The standard InChI is InChI=1S/C15H24N2O5S/c1-4-6-15(10-21-3)7-5-8-17(15)14(18)12-9-13(11(2)22-12)23(16,19)20/h9H,4-8,10H2,1-3H3,(H2,16,19,20). The minimum atomic E-state index is -3.91. The Hall–Kier alpha value is -1.38. The van der Waals surface area contributed by atoms with Gasteiger partial charge in [-0.1, -0.05) is 13.3 Å². The first kappa shape index (κ1) is 18.0. The van der Waals surface area contributed by atoms with Crippen molar-refractivity contribution in [2.45, 2.75) is 50.0 Å². The highest BCUT2D eigenvalue weighted by Crippen LogP contribution is 2.35. The number of nitrogens with two attached hydrogens (primary N) is 1. The van der Waals surface area contributed by atoms with E-state index in [1.807, 2.05) is 0 Å². The number of hydrogen-bond donors (Lipinski definition) is 1. The molecule has 0 aliphatic carbocycles. The van der Waals surface area contributed by atoms with Gasteiger partial charge in [0, 0.05) is 19.7 Å². The summed E-state index contributed by atoms with van der Waals surface area (Å²) in [5, 5.41) is 5.14. The molecule has 8 heteroatoms. The van der Waals surface area contributed by atoms with Gasteiger partial charge in [-0.2, -0.15) is 0 Å². The van der Waals surface area contributed by atoms with E-state index in [2.05, 4.69) is 6.92 Å². The molecule has 0 radical (unpaired) electrons. The lowest BCUT2D eigenvalue weighted by molar-refractivity contribution is 0.0232. The molecule has 0 bridgehead atoms. The molecule has 7 nitrogen and oxygen atoms in total. The normalized spacial score (nSPS) is 21.8. The fraction of sp³-hybridized carbons (Fsp3) is 0.667. The smallest absolute Gasteiger partial charge is 0.290 e. The molecule has 1 fully saturated rings. The summed E-state index contributed by atoms with van der Waals surface area (Å²) in [6.07, 6.45) is 3.50. The van der Waals surface area contributed by atoms with Crippen LogP contribution in [0.5, 0.6) is 0 Å². The van der Waals surface area contributed by atoms with Crippen molar-refractivity contribution in [3.63, 3.8) is 0 Å². The maximum Gasteiger partial charge on any atom is 0.290 e. The summed E-state index contributed by atoms with van der Waals surface area (Å²) < 4.78 is 33.7. The van der Waals surface area contributed by atoms with E-state index in [0.29, 0.717) is 13.2 Å². The zero-order chi connectivity index (χ0) is 17.3. The monoisotopic (exact) mass is 344 g/mol. The van der Waals surface area contributed by atoms with Crippen LogP contribution in [0.1, 0.15) is 48.9 Å². The Kier molecular flexibility index (Phi) is 5.17. The Morgan fingerprint density at radius 1 is 1.52 bits per heavy atom. The molecule has 1 aliphatic heterocycles. The van der Waals surface area contributed by atoms with Gasteiger partial charge >= 0.3 is 0 Å². The number of methoxy groups -OCH3 is 1. The van der Waals surface area contributed by atoms with E-state index >= 15 is 0 Å². The van der Waals surface area contributed by atoms with Gasteiger partial charge in [-0.15, -0.1) is 0 Å². The summed E-state index contributed by atoms with van der Waals surface area (Å²) in [7, 11) is -2.29. The quantitative estimate of drug-likeness (QED) is 0.845. The summed E-state index contributed by atoms with van der Waals surface area (Å²) in [6, 6.07) is 1.22. The predicted octanol–water partition coefficient (Wildman–Crippen LogP) is 1.66. The minimum absolute atomic E-state index is 0.00464. The predicted molar refractivity (Wildman–Crippen MR) is 84.6 cm³/mol. The zero-order valence-corrected chi connectivity index (χ0v) is 14.6. The fourth-order valence-electron chi connectivity index (χ4n) is 3.46. The molecule has 1 amide bonds. The summed E-state index contributed by atoms with van der Waals surface area (Å²) in [5.41, 5.74) is -0.358. The van der Waals surface area contributed by atoms with Crippen molar-refractivity contribution in [1.29, 1.82) is 0 Å². The van der Waals surface area contributed by atoms with Crippen molar-refractivity contribution in [2.24, 2.45) is 5.14 Å². The number of furan rings is 1. The molecule has 1 saturated heterocycles. The van der Waals surface area contributed by atoms with E-state index in [0.717, 1.165) is 25.7 Å². The largest absolute Gasteiger partial charge is 0.455 e. The molecule has 2 heterocycles. The molecular weight excluding hydrogens is 320 g/mol. The van der Waals surface area contributed by atoms with Crippen LogP contribution >= 0.6 is 0 Å². The van der Waals surface area contributed by atoms with E-state index in [9.17, 15) is 13.2 Å². The Labute approximate surface area is 136 Å². The highest BCUT2D eigenvalue weighted by atomic mass is 32.2. The maximum absolute atomic E-state index is 12.8. The van der Waals surface area contributed by atoms with Crippen LogP contribution in [-0.4, -0.2) is 45.0 Å². The van der Waals surface area contributed by atoms with Crippen LogP contribution in [0.2, 0.25) is 0 Å². The Morgan fingerprint density at radius 3 is 2.74 bits per heavy atom. The molecule has 130 valence electrons. The second-order valence-corrected chi connectivity index (χ2v) is 7.57. The van der Waals surface area contributed by atoms with Crippen LogP contribution < -0.4 is 5.14 Å². The number of likely N-dealkylation sites (tertiary alicyclic amines) is 1. The Morgan fingerprint density at radius 2 is 2.22 bits per heavy atom. The van der Waals surface area contributed by atoms with Crippen LogP contribution in [0, 0.1) is 6.92 Å². The number of sulfonamides is 1. The third kappa shape index (κ3) is 3.44. The molecule has 1 aromatic rings. The van der Waals surface area contributed by atoms with Gasteiger partial charge in [0.05, 0.1) is 12.1 Å². The molecule has 0 spiro atoms. The zero-order valence-electron chi connectivity index (χ0n) is 13.8. The van der Waals surface area contributed by atoms with Gasteiger partial charge in [-0.25, -0.2) is 13.6 Å². The molecule has 1 atom stereocenters. The molecule has 1 aliphatic rings. The molecular formula is C15H24N2O5S. The summed E-state index contributed by atoms with van der Waals surface area (Å²) in [5.74, 6) is -0.182. The number of ether oxygens (including phenoxy) is 1. The average molecular weight is 344 g/mol. The van der Waals surface area contributed by atoms with Crippen molar-refractivity contribution >= 4 is 15.9 Å². The van der Waals surface area contributed by atoms with Crippen molar-refractivity contribution in [2.75, 3.05) is 20.3 Å². The van der Waals surface area contributed by atoms with E-state index in [-0.39, 0.29) is 27.9 Å². The molecule has 0 aromatic carbocycles. The van der Waals surface area contributed by atoms with E-state index in [4.69, 9.17) is 14.3 Å². The van der Waals surface area contributed by atoms with Crippen molar-refractivity contribution < 1.29 is 22.4 Å². The first-order valence-electron chi connectivity index (χ1n) is 7.69. The van der Waals surface area contributed by atoms with Gasteiger partial charge in [-0.3, -0.25) is 4.79 Å². The van der Waals surface area contributed by atoms with E-state index in [1.54, 1.807) is 12.0 Å². The van der Waals surface area contributed by atoms with Crippen LogP contribution in [0.25, 0.3) is 0 Å². The second-order valence-electron chi connectivity index (χ2n) is 6.04. The average Bonchev–Trinajstić information content (AvgIpc) is 3.03. The Bertz CT molecular complexity index is 674. The van der Waals surface area contributed by atoms with Gasteiger partial charge in [0.25, 0.3) is 5.91 Å². The fourth-order valence-corrected chi connectivity index (χ4v) is 4.17. The summed E-state index contributed by atoms with van der Waals surface area (Å²) in [6.45, 7) is 4.60. The lowest BCUT2D eigenvalue weighted by Gasteiger charge is -2.37. The van der Waals surface area contributed by atoms with Crippen LogP contribution in [0.15, 0.2) is 15.4 Å². The second kappa shape index (κ2) is 6.62. The molecule has 0 saturated carbocycles. The van der Waals surface area contributed by atoms with Gasteiger partial charge in [-0.05, 0) is 26.2 Å². The molecule has 2 rings (SSSR count). The maximum atomic E-state index is 12.8. The SMILES string of the molecule is CCCC1(COC)CCCN1C(=O)c1cc(S(N)(=O)=O)c(C)o1. The number of carbonyl (C=O) groups is 1. The molecule has 1 unspecified atom stereocenters.